The number of hydrogen-bond donors (Lipinski definition) is 1. The fraction of sp³-hybridized carbons (Fsp3) is 0.455. The van der Waals surface area contributed by atoms with Gasteiger partial charge in [0.15, 0.2) is 0 Å². The average Bonchev–Trinajstić information content (AvgIpc) is 2.26. The molecule has 0 fully saturated rings. The minimum Gasteiger partial charge on any atom is -0.469 e. The van der Waals surface area contributed by atoms with E-state index < -0.39 is 0 Å². The minimum absolute atomic E-state index is 0.145. The summed E-state index contributed by atoms with van der Waals surface area (Å²) in [6, 6.07) is 3.70. The Balaban J connectivity index is 2.90. The quantitative estimate of drug-likeness (QED) is 0.644. The number of nitrogens with zero attached hydrogens (tertiary/aromatic N) is 1. The summed E-state index contributed by atoms with van der Waals surface area (Å²) < 4.78 is 4.61. The standard InChI is InChI=1S/C11H15ClN2O2/c1-7-3-4-9(11(12)14-7)8(6-13)5-10(15)16-2/h3-4,8H,5-6,13H2,1-2H3. The van der Waals surface area contributed by atoms with Gasteiger partial charge in [0, 0.05) is 11.6 Å². The maximum atomic E-state index is 11.2. The molecule has 0 aromatic carbocycles. The van der Waals surface area contributed by atoms with Gasteiger partial charge in [0.1, 0.15) is 5.15 Å². The van der Waals surface area contributed by atoms with Gasteiger partial charge in [-0.25, -0.2) is 4.98 Å². The molecule has 1 aromatic heterocycles. The lowest BCUT2D eigenvalue weighted by atomic mass is 9.97. The molecule has 0 saturated carbocycles. The molecule has 1 aromatic rings. The molecule has 1 unspecified atom stereocenters. The van der Waals surface area contributed by atoms with Gasteiger partial charge in [0.05, 0.1) is 13.5 Å². The molecule has 0 bridgehead atoms. The number of esters is 1. The number of halogens is 1. The van der Waals surface area contributed by atoms with Crippen LogP contribution >= 0.6 is 11.6 Å². The Morgan fingerprint density at radius 2 is 2.31 bits per heavy atom. The Kier molecular flexibility index (Phi) is 4.71. The number of ether oxygens (including phenoxy) is 1. The molecular weight excluding hydrogens is 228 g/mol. The number of carbonyl (C=O) groups excluding carboxylic acids is 1. The first kappa shape index (κ1) is 12.9. The second-order valence-corrected chi connectivity index (χ2v) is 3.90. The molecule has 88 valence electrons. The van der Waals surface area contributed by atoms with Gasteiger partial charge in [-0.15, -0.1) is 0 Å². The molecule has 0 spiro atoms. The van der Waals surface area contributed by atoms with Crippen LogP contribution in [0.4, 0.5) is 0 Å². The fourth-order valence-corrected chi connectivity index (χ4v) is 1.80. The largest absolute Gasteiger partial charge is 0.469 e. The van der Waals surface area contributed by atoms with Crippen molar-refractivity contribution in [2.45, 2.75) is 19.3 Å². The van der Waals surface area contributed by atoms with E-state index in [1.807, 2.05) is 19.1 Å². The molecular formula is C11H15ClN2O2. The van der Waals surface area contributed by atoms with Crippen molar-refractivity contribution >= 4 is 17.6 Å². The van der Waals surface area contributed by atoms with Gasteiger partial charge in [-0.2, -0.15) is 0 Å². The summed E-state index contributed by atoms with van der Waals surface area (Å²) >= 11 is 6.01. The highest BCUT2D eigenvalue weighted by Gasteiger charge is 2.18. The predicted octanol–water partition coefficient (Wildman–Crippen LogP) is 1.65. The van der Waals surface area contributed by atoms with E-state index in [1.165, 1.54) is 7.11 Å². The number of nitrogens with two attached hydrogens (primary N) is 1. The van der Waals surface area contributed by atoms with Crippen LogP contribution in [-0.4, -0.2) is 24.6 Å². The summed E-state index contributed by atoms with van der Waals surface area (Å²) in [6.07, 6.45) is 0.220. The van der Waals surface area contributed by atoms with E-state index in [9.17, 15) is 4.79 Å². The summed E-state index contributed by atoms with van der Waals surface area (Å²) in [5, 5.41) is 0.402. The number of methoxy groups -OCH3 is 1. The van der Waals surface area contributed by atoms with Gasteiger partial charge in [0.25, 0.3) is 0 Å². The van der Waals surface area contributed by atoms with Crippen LogP contribution < -0.4 is 5.73 Å². The van der Waals surface area contributed by atoms with Crippen molar-refractivity contribution < 1.29 is 9.53 Å². The molecule has 1 atom stereocenters. The van der Waals surface area contributed by atoms with E-state index in [1.54, 1.807) is 0 Å². The predicted molar refractivity (Wildman–Crippen MR) is 62.4 cm³/mol. The highest BCUT2D eigenvalue weighted by atomic mass is 35.5. The third-order valence-corrected chi connectivity index (χ3v) is 2.68. The van der Waals surface area contributed by atoms with Crippen molar-refractivity contribution in [3.05, 3.63) is 28.5 Å². The zero-order chi connectivity index (χ0) is 12.1. The van der Waals surface area contributed by atoms with Crippen molar-refractivity contribution in [1.82, 2.24) is 4.98 Å². The van der Waals surface area contributed by atoms with Gasteiger partial charge in [-0.3, -0.25) is 4.79 Å². The van der Waals surface area contributed by atoms with Crippen LogP contribution in [-0.2, 0) is 9.53 Å². The van der Waals surface area contributed by atoms with E-state index in [0.717, 1.165) is 11.3 Å². The molecule has 0 amide bonds. The SMILES string of the molecule is COC(=O)CC(CN)c1ccc(C)nc1Cl. The first-order valence-electron chi connectivity index (χ1n) is 4.98. The Bertz CT molecular complexity index is 382. The monoisotopic (exact) mass is 242 g/mol. The Hall–Kier alpha value is -1.13. The van der Waals surface area contributed by atoms with E-state index in [2.05, 4.69) is 9.72 Å². The molecule has 0 aliphatic carbocycles. The highest BCUT2D eigenvalue weighted by molar-refractivity contribution is 6.30. The van der Waals surface area contributed by atoms with Crippen LogP contribution in [0.15, 0.2) is 12.1 Å². The minimum atomic E-state index is -0.299. The summed E-state index contributed by atoms with van der Waals surface area (Å²) in [7, 11) is 1.35. The number of rotatable bonds is 4. The van der Waals surface area contributed by atoms with E-state index >= 15 is 0 Å². The first-order valence-corrected chi connectivity index (χ1v) is 5.36. The lowest BCUT2D eigenvalue weighted by Gasteiger charge is -2.15. The van der Waals surface area contributed by atoms with Crippen molar-refractivity contribution in [2.75, 3.05) is 13.7 Å². The van der Waals surface area contributed by atoms with Crippen LogP contribution in [0.5, 0.6) is 0 Å². The lowest BCUT2D eigenvalue weighted by Crippen LogP contribution is -2.18. The Labute approximate surface area is 99.8 Å². The summed E-state index contributed by atoms with van der Waals surface area (Å²) in [6.45, 7) is 2.19. The first-order chi connectivity index (χ1) is 7.58. The molecule has 1 heterocycles. The fourth-order valence-electron chi connectivity index (χ4n) is 1.45. The van der Waals surface area contributed by atoms with Crippen LogP contribution in [0, 0.1) is 6.92 Å². The van der Waals surface area contributed by atoms with Gasteiger partial charge in [-0.1, -0.05) is 17.7 Å². The molecule has 0 radical (unpaired) electrons. The third-order valence-electron chi connectivity index (χ3n) is 2.38. The Morgan fingerprint density at radius 3 is 2.81 bits per heavy atom. The number of hydrogen-bond acceptors (Lipinski definition) is 4. The average molecular weight is 243 g/mol. The molecule has 0 aliphatic heterocycles. The molecule has 5 heteroatoms. The third kappa shape index (κ3) is 3.18. The molecule has 2 N–H and O–H groups in total. The lowest BCUT2D eigenvalue weighted by molar-refractivity contribution is -0.141. The normalized spacial score (nSPS) is 12.2. The van der Waals surface area contributed by atoms with Crippen LogP contribution in [0.25, 0.3) is 0 Å². The number of aromatic nitrogens is 1. The molecule has 16 heavy (non-hydrogen) atoms. The second kappa shape index (κ2) is 5.82. The number of aryl methyl sites for hydroxylation is 1. The zero-order valence-electron chi connectivity index (χ0n) is 9.37. The number of pyridine rings is 1. The maximum absolute atomic E-state index is 11.2. The number of carbonyl (C=O) groups is 1. The summed E-state index contributed by atoms with van der Waals surface area (Å²) in [5.41, 5.74) is 7.25. The van der Waals surface area contributed by atoms with Crippen molar-refractivity contribution in [2.24, 2.45) is 5.73 Å². The van der Waals surface area contributed by atoms with Crippen LogP contribution in [0.1, 0.15) is 23.6 Å². The zero-order valence-corrected chi connectivity index (χ0v) is 10.1. The molecule has 0 saturated heterocycles. The van der Waals surface area contributed by atoms with E-state index in [4.69, 9.17) is 17.3 Å². The smallest absolute Gasteiger partial charge is 0.306 e. The van der Waals surface area contributed by atoms with Crippen molar-refractivity contribution in [1.29, 1.82) is 0 Å². The van der Waals surface area contributed by atoms with Gasteiger partial charge < -0.3 is 10.5 Å². The van der Waals surface area contributed by atoms with Crippen molar-refractivity contribution in [3.63, 3.8) is 0 Å². The van der Waals surface area contributed by atoms with Crippen LogP contribution in [0.2, 0.25) is 5.15 Å². The molecule has 4 nitrogen and oxygen atoms in total. The van der Waals surface area contributed by atoms with Crippen molar-refractivity contribution in [3.8, 4) is 0 Å². The summed E-state index contributed by atoms with van der Waals surface area (Å²) in [5.74, 6) is -0.444. The highest BCUT2D eigenvalue weighted by Crippen LogP contribution is 2.25. The van der Waals surface area contributed by atoms with Crippen LogP contribution in [0.3, 0.4) is 0 Å². The molecule has 0 aliphatic rings. The summed E-state index contributed by atoms with van der Waals surface area (Å²) in [4.78, 5) is 15.3. The molecule has 1 rings (SSSR count). The maximum Gasteiger partial charge on any atom is 0.306 e. The van der Waals surface area contributed by atoms with Gasteiger partial charge in [0.2, 0.25) is 0 Å². The topological polar surface area (TPSA) is 65.2 Å². The van der Waals surface area contributed by atoms with Gasteiger partial charge in [-0.05, 0) is 25.1 Å². The van der Waals surface area contributed by atoms with E-state index in [-0.39, 0.29) is 18.3 Å². The second-order valence-electron chi connectivity index (χ2n) is 3.55. The Morgan fingerprint density at radius 1 is 1.62 bits per heavy atom. The van der Waals surface area contributed by atoms with Gasteiger partial charge >= 0.3 is 5.97 Å². The van der Waals surface area contributed by atoms with E-state index in [0.29, 0.717) is 11.7 Å².